The van der Waals surface area contributed by atoms with Gasteiger partial charge in [0.1, 0.15) is 17.4 Å². The lowest BCUT2D eigenvalue weighted by molar-refractivity contribution is -0.117. The number of H-pyrrole nitrogens is 1. The minimum absolute atomic E-state index is 0.0261. The van der Waals surface area contributed by atoms with Crippen LogP contribution < -0.4 is 4.90 Å². The van der Waals surface area contributed by atoms with E-state index in [9.17, 15) is 9.18 Å². The molecule has 0 unspecified atom stereocenters. The number of aromatic nitrogens is 5. The van der Waals surface area contributed by atoms with Gasteiger partial charge in [0.15, 0.2) is 0 Å². The first-order valence-electron chi connectivity index (χ1n) is 13.8. The maximum Gasteiger partial charge on any atom is 0.205 e. The molecular formula is C33H33FN6O. The molecule has 0 bridgehead atoms. The molecular weight excluding hydrogens is 515 g/mol. The number of hydrogen-bond acceptors (Lipinski definition) is 6. The highest BCUT2D eigenvalue weighted by atomic mass is 19.1. The number of tetrazole rings is 1. The van der Waals surface area contributed by atoms with Crippen LogP contribution in [0.5, 0.6) is 0 Å². The fourth-order valence-electron chi connectivity index (χ4n) is 4.93. The number of benzene rings is 3. The monoisotopic (exact) mass is 548 g/mol. The number of carbonyl (C=O) groups excluding carboxylic acids is 1. The largest absolute Gasteiger partial charge is 0.352 e. The molecule has 1 N–H and O–H groups in total. The van der Waals surface area contributed by atoms with Crippen molar-refractivity contribution in [2.24, 2.45) is 5.92 Å². The zero-order valence-corrected chi connectivity index (χ0v) is 23.5. The molecule has 0 atom stereocenters. The average Bonchev–Trinajstić information content (AvgIpc) is 3.49. The number of Topliss-reactive ketones (excluding diaryl/α,β-unsaturated/α-hetero) is 1. The first-order valence-corrected chi connectivity index (χ1v) is 13.8. The Hall–Kier alpha value is -4.72. The highest BCUT2D eigenvalue weighted by molar-refractivity contribution is 5.85. The Morgan fingerprint density at radius 3 is 2.37 bits per heavy atom. The zero-order valence-electron chi connectivity index (χ0n) is 23.5. The third-order valence-corrected chi connectivity index (χ3v) is 6.78. The van der Waals surface area contributed by atoms with Crippen molar-refractivity contribution >= 4 is 11.6 Å². The molecule has 0 aliphatic carbocycles. The number of pyridine rings is 1. The summed E-state index contributed by atoms with van der Waals surface area (Å²) in [6.45, 7) is 7.63. The number of hydrogen-bond donors (Lipinski definition) is 1. The highest BCUT2D eigenvalue weighted by Crippen LogP contribution is 2.32. The Labute approximate surface area is 239 Å². The molecule has 0 radical (unpaired) electrons. The molecule has 2 heterocycles. The first kappa shape index (κ1) is 27.8. The van der Waals surface area contributed by atoms with Crippen LogP contribution in [-0.4, -0.2) is 37.9 Å². The van der Waals surface area contributed by atoms with Crippen molar-refractivity contribution in [1.29, 1.82) is 0 Å². The van der Waals surface area contributed by atoms with Crippen LogP contribution in [-0.2, 0) is 24.2 Å². The van der Waals surface area contributed by atoms with Crippen LogP contribution in [0.2, 0.25) is 0 Å². The van der Waals surface area contributed by atoms with E-state index in [1.54, 1.807) is 6.07 Å². The molecule has 5 rings (SSSR count). The standard InChI is InChI=1S/C33H33FN6O/c1-22(2)20-40(21-24-9-5-4-6-10-24)32-18-25(16-27(41)19-26-14-13-23(3)15-30(26)34)17-31(35-32)28-11-7-8-12-29(28)33-36-38-39-37-33/h4-15,17-18,22H,16,19-21H2,1-3H3,(H,36,37,38,39). The van der Waals surface area contributed by atoms with Crippen molar-refractivity contribution in [2.75, 3.05) is 11.4 Å². The maximum atomic E-state index is 14.5. The second-order valence-corrected chi connectivity index (χ2v) is 10.7. The van der Waals surface area contributed by atoms with Crippen LogP contribution in [0.1, 0.15) is 36.1 Å². The van der Waals surface area contributed by atoms with Crippen LogP contribution in [0.4, 0.5) is 10.2 Å². The fraction of sp³-hybridized carbons (Fsp3) is 0.242. The Morgan fingerprint density at radius 1 is 0.902 bits per heavy atom. The van der Waals surface area contributed by atoms with Crippen molar-refractivity contribution < 1.29 is 9.18 Å². The Kier molecular flexibility index (Phi) is 8.58. The molecule has 0 aliphatic rings. The van der Waals surface area contributed by atoms with Gasteiger partial charge in [0.25, 0.3) is 0 Å². The molecule has 41 heavy (non-hydrogen) atoms. The fourth-order valence-corrected chi connectivity index (χ4v) is 4.93. The van der Waals surface area contributed by atoms with Gasteiger partial charge in [-0.3, -0.25) is 4.79 Å². The smallest absolute Gasteiger partial charge is 0.205 e. The van der Waals surface area contributed by atoms with Gasteiger partial charge >= 0.3 is 0 Å². The number of nitrogens with zero attached hydrogens (tertiary/aromatic N) is 5. The van der Waals surface area contributed by atoms with E-state index in [1.165, 1.54) is 11.6 Å². The summed E-state index contributed by atoms with van der Waals surface area (Å²) in [4.78, 5) is 20.6. The zero-order chi connectivity index (χ0) is 28.8. The van der Waals surface area contributed by atoms with Crippen LogP contribution in [0, 0.1) is 18.7 Å². The number of aryl methyl sites for hydroxylation is 1. The molecule has 2 aromatic heterocycles. The normalized spacial score (nSPS) is 11.1. The number of nitrogens with one attached hydrogen (secondary N) is 1. The van der Waals surface area contributed by atoms with Gasteiger partial charge in [0.2, 0.25) is 5.82 Å². The van der Waals surface area contributed by atoms with Crippen LogP contribution in [0.3, 0.4) is 0 Å². The maximum absolute atomic E-state index is 14.5. The lowest BCUT2D eigenvalue weighted by Crippen LogP contribution is -2.28. The third kappa shape index (κ3) is 7.08. The second-order valence-electron chi connectivity index (χ2n) is 10.7. The van der Waals surface area contributed by atoms with Crippen LogP contribution >= 0.6 is 0 Å². The third-order valence-electron chi connectivity index (χ3n) is 6.78. The summed E-state index contributed by atoms with van der Waals surface area (Å²) in [5, 5.41) is 14.6. The van der Waals surface area contributed by atoms with Gasteiger partial charge < -0.3 is 4.90 Å². The lowest BCUT2D eigenvalue weighted by Gasteiger charge is -2.27. The number of carbonyl (C=O) groups is 1. The molecule has 0 amide bonds. The Balaban J connectivity index is 1.55. The van der Waals surface area contributed by atoms with Crippen molar-refractivity contribution in [3.05, 3.63) is 113 Å². The first-order chi connectivity index (χ1) is 19.9. The van der Waals surface area contributed by atoms with Gasteiger partial charge in [0, 0.05) is 37.1 Å². The summed E-state index contributed by atoms with van der Waals surface area (Å²) in [7, 11) is 0. The van der Waals surface area contributed by atoms with Gasteiger partial charge in [-0.2, -0.15) is 5.21 Å². The molecule has 0 saturated heterocycles. The van der Waals surface area contributed by atoms with Crippen LogP contribution in [0.15, 0.2) is 84.9 Å². The van der Waals surface area contributed by atoms with E-state index >= 15 is 0 Å². The predicted molar refractivity (Wildman–Crippen MR) is 159 cm³/mol. The predicted octanol–water partition coefficient (Wildman–Crippen LogP) is 6.39. The summed E-state index contributed by atoms with van der Waals surface area (Å²) in [5.74, 6) is 1.19. The number of halogens is 1. The molecule has 8 heteroatoms. The molecule has 5 aromatic rings. The minimum Gasteiger partial charge on any atom is -0.352 e. The van der Waals surface area contributed by atoms with Gasteiger partial charge in [-0.05, 0) is 58.5 Å². The molecule has 7 nitrogen and oxygen atoms in total. The molecule has 0 fully saturated rings. The van der Waals surface area contributed by atoms with E-state index in [0.717, 1.165) is 34.6 Å². The summed E-state index contributed by atoms with van der Waals surface area (Å²) in [6, 6.07) is 26.9. The van der Waals surface area contributed by atoms with E-state index < -0.39 is 0 Å². The molecule has 0 saturated carbocycles. The lowest BCUT2D eigenvalue weighted by atomic mass is 9.98. The average molecular weight is 549 g/mol. The molecule has 0 spiro atoms. The van der Waals surface area contributed by atoms with Crippen molar-refractivity contribution in [3.63, 3.8) is 0 Å². The quantitative estimate of drug-likeness (QED) is 0.206. The van der Waals surface area contributed by atoms with Gasteiger partial charge in [0.05, 0.1) is 5.69 Å². The number of anilines is 1. The summed E-state index contributed by atoms with van der Waals surface area (Å²) < 4.78 is 14.5. The van der Waals surface area contributed by atoms with E-state index in [-0.39, 0.29) is 24.4 Å². The van der Waals surface area contributed by atoms with E-state index in [4.69, 9.17) is 4.98 Å². The summed E-state index contributed by atoms with van der Waals surface area (Å²) in [5.41, 5.74) is 5.53. The van der Waals surface area contributed by atoms with Crippen molar-refractivity contribution in [1.82, 2.24) is 25.6 Å². The summed E-state index contributed by atoms with van der Waals surface area (Å²) >= 11 is 0. The minimum atomic E-state index is -0.352. The van der Waals surface area contributed by atoms with Gasteiger partial charge in [-0.25, -0.2) is 9.37 Å². The molecule has 3 aromatic carbocycles. The van der Waals surface area contributed by atoms with Gasteiger partial charge in [-0.1, -0.05) is 80.6 Å². The van der Waals surface area contributed by atoms with E-state index in [0.29, 0.717) is 29.5 Å². The van der Waals surface area contributed by atoms with Gasteiger partial charge in [-0.15, -0.1) is 10.2 Å². The highest BCUT2D eigenvalue weighted by Gasteiger charge is 2.19. The Morgan fingerprint density at radius 2 is 1.66 bits per heavy atom. The number of ketones is 1. The van der Waals surface area contributed by atoms with E-state index in [1.807, 2.05) is 67.6 Å². The SMILES string of the molecule is Cc1ccc(CC(=O)Cc2cc(-c3ccccc3-c3nn[nH]n3)nc(N(Cc3ccccc3)CC(C)C)c2)c(F)c1. The van der Waals surface area contributed by atoms with E-state index in [2.05, 4.69) is 51.5 Å². The second kappa shape index (κ2) is 12.6. The molecule has 208 valence electrons. The van der Waals surface area contributed by atoms with Crippen LogP contribution in [0.25, 0.3) is 22.6 Å². The number of rotatable bonds is 11. The van der Waals surface area contributed by atoms with Crippen molar-refractivity contribution in [2.45, 2.75) is 40.2 Å². The molecule has 0 aliphatic heterocycles. The number of aromatic amines is 1. The summed E-state index contributed by atoms with van der Waals surface area (Å²) in [6.07, 6.45) is 0.180. The topological polar surface area (TPSA) is 87.7 Å². The van der Waals surface area contributed by atoms with Crippen molar-refractivity contribution in [3.8, 4) is 22.6 Å². The Bertz CT molecular complexity index is 1620.